The predicted octanol–water partition coefficient (Wildman–Crippen LogP) is 5.06. The number of amides is 1. The van der Waals surface area contributed by atoms with Crippen LogP contribution in [0.3, 0.4) is 0 Å². The summed E-state index contributed by atoms with van der Waals surface area (Å²) in [5.41, 5.74) is 6.28. The number of nitrogens with one attached hydrogen (secondary N) is 1. The summed E-state index contributed by atoms with van der Waals surface area (Å²) in [4.78, 5) is 25.2. The Morgan fingerprint density at radius 2 is 1.56 bits per heavy atom. The lowest BCUT2D eigenvalue weighted by Gasteiger charge is -2.20. The zero-order valence-electron chi connectivity index (χ0n) is 17.5. The van der Waals surface area contributed by atoms with Gasteiger partial charge in [-0.15, -0.1) is 0 Å². The Labute approximate surface area is 191 Å². The zero-order chi connectivity index (χ0) is 22.2. The summed E-state index contributed by atoms with van der Waals surface area (Å²) in [6.07, 6.45) is -0.117. The number of methoxy groups -OCH3 is 1. The van der Waals surface area contributed by atoms with Crippen molar-refractivity contribution in [1.29, 1.82) is 0 Å². The monoisotopic (exact) mass is 447 g/mol. The Balaban J connectivity index is 1.32. The van der Waals surface area contributed by atoms with E-state index < -0.39 is 24.0 Å². The smallest absolute Gasteiger partial charge is 0.407 e. The molecule has 32 heavy (non-hydrogen) atoms. The summed E-state index contributed by atoms with van der Waals surface area (Å²) in [7, 11) is 1.34. The highest BCUT2D eigenvalue weighted by atomic mass is 35.5. The van der Waals surface area contributed by atoms with Gasteiger partial charge in [-0.25, -0.2) is 4.79 Å². The molecule has 0 fully saturated rings. The molecule has 2 aliphatic rings. The van der Waals surface area contributed by atoms with Crippen molar-refractivity contribution >= 4 is 23.7 Å². The van der Waals surface area contributed by atoms with Crippen molar-refractivity contribution in [3.05, 3.63) is 94.0 Å². The van der Waals surface area contributed by atoms with Crippen LogP contribution in [-0.4, -0.2) is 31.8 Å². The Morgan fingerprint density at radius 1 is 0.938 bits per heavy atom. The summed E-state index contributed by atoms with van der Waals surface area (Å²) < 4.78 is 10.6. The van der Waals surface area contributed by atoms with E-state index in [1.165, 1.54) is 18.2 Å². The van der Waals surface area contributed by atoms with Gasteiger partial charge in [-0.1, -0.05) is 72.3 Å². The Morgan fingerprint density at radius 3 is 2.22 bits per heavy atom. The first-order valence-electron chi connectivity index (χ1n) is 10.5. The van der Waals surface area contributed by atoms with Gasteiger partial charge in [0.15, 0.2) is 0 Å². The fourth-order valence-electron chi connectivity index (χ4n) is 4.98. The first kappa shape index (κ1) is 20.6. The number of ether oxygens (including phenoxy) is 2. The lowest BCUT2D eigenvalue weighted by molar-refractivity contribution is -0.142. The topological polar surface area (TPSA) is 64.6 Å². The number of alkyl carbamates (subject to hydrolysis) is 1. The van der Waals surface area contributed by atoms with Crippen LogP contribution in [0.5, 0.6) is 0 Å². The third-order valence-electron chi connectivity index (χ3n) is 6.42. The van der Waals surface area contributed by atoms with E-state index in [9.17, 15) is 9.59 Å². The summed E-state index contributed by atoms with van der Waals surface area (Å²) >= 11 is 6.33. The van der Waals surface area contributed by atoms with E-state index in [0.29, 0.717) is 11.4 Å². The molecule has 0 spiro atoms. The standard InChI is InChI=1S/C26H22ClNO4/c1-31-25(29)24-19-11-6-12-22(27)20(19)13-23(24)28-26(30)32-14-21-17-9-4-2-7-15(17)16-8-3-5-10-18(16)21/h2-12,21,23-24H,13-14H2,1H3,(H,28,30). The largest absolute Gasteiger partial charge is 0.468 e. The molecule has 1 amide bonds. The van der Waals surface area contributed by atoms with E-state index in [0.717, 1.165) is 22.3 Å². The molecule has 0 saturated heterocycles. The zero-order valence-corrected chi connectivity index (χ0v) is 18.3. The van der Waals surface area contributed by atoms with E-state index in [-0.39, 0.29) is 12.5 Å². The van der Waals surface area contributed by atoms with Crippen LogP contribution in [0, 0.1) is 0 Å². The molecule has 2 unspecified atom stereocenters. The van der Waals surface area contributed by atoms with E-state index in [1.807, 2.05) is 30.3 Å². The number of benzene rings is 3. The minimum absolute atomic E-state index is 0.0280. The number of hydrogen-bond acceptors (Lipinski definition) is 4. The maximum Gasteiger partial charge on any atom is 0.407 e. The highest BCUT2D eigenvalue weighted by Crippen LogP contribution is 2.44. The average molecular weight is 448 g/mol. The van der Waals surface area contributed by atoms with E-state index in [4.69, 9.17) is 21.1 Å². The molecular weight excluding hydrogens is 426 g/mol. The highest BCUT2D eigenvalue weighted by Gasteiger charge is 2.40. The van der Waals surface area contributed by atoms with Gasteiger partial charge in [0, 0.05) is 10.9 Å². The third kappa shape index (κ3) is 3.43. The first-order valence-corrected chi connectivity index (χ1v) is 10.9. The van der Waals surface area contributed by atoms with Crippen LogP contribution >= 0.6 is 11.6 Å². The van der Waals surface area contributed by atoms with Crippen LogP contribution < -0.4 is 5.32 Å². The minimum Gasteiger partial charge on any atom is -0.468 e. The lowest BCUT2D eigenvalue weighted by atomic mass is 9.98. The van der Waals surface area contributed by atoms with Gasteiger partial charge in [-0.05, 0) is 45.9 Å². The fraction of sp³-hybridized carbons (Fsp3) is 0.231. The second-order valence-corrected chi connectivity index (χ2v) is 8.50. The van der Waals surface area contributed by atoms with Gasteiger partial charge >= 0.3 is 12.1 Å². The molecule has 1 N–H and O–H groups in total. The quantitative estimate of drug-likeness (QED) is 0.568. The van der Waals surface area contributed by atoms with Crippen molar-refractivity contribution in [2.45, 2.75) is 24.3 Å². The van der Waals surface area contributed by atoms with Crippen molar-refractivity contribution in [2.75, 3.05) is 13.7 Å². The molecule has 5 rings (SSSR count). The molecule has 2 atom stereocenters. The van der Waals surface area contributed by atoms with Crippen LogP contribution in [0.25, 0.3) is 11.1 Å². The number of halogens is 1. The third-order valence-corrected chi connectivity index (χ3v) is 6.77. The Bertz CT molecular complexity index is 1160. The number of carbonyl (C=O) groups excluding carboxylic acids is 2. The molecule has 162 valence electrons. The lowest BCUT2D eigenvalue weighted by Crippen LogP contribution is -2.41. The SMILES string of the molecule is COC(=O)C1c2cccc(Cl)c2CC1NC(=O)OCC1c2ccccc2-c2ccccc21. The van der Waals surface area contributed by atoms with Gasteiger partial charge < -0.3 is 14.8 Å². The maximum absolute atomic E-state index is 12.8. The van der Waals surface area contributed by atoms with Gasteiger partial charge in [-0.2, -0.15) is 0 Å². The molecule has 0 heterocycles. The summed E-state index contributed by atoms with van der Waals surface area (Å²) in [5.74, 6) is -1.05. The average Bonchev–Trinajstić information content (AvgIpc) is 3.34. The molecule has 2 aliphatic carbocycles. The van der Waals surface area contributed by atoms with Crippen molar-refractivity contribution in [3.63, 3.8) is 0 Å². The van der Waals surface area contributed by atoms with Crippen LogP contribution in [-0.2, 0) is 20.7 Å². The molecule has 5 nitrogen and oxygen atoms in total. The Hall–Kier alpha value is -3.31. The second kappa shape index (κ2) is 8.32. The van der Waals surface area contributed by atoms with Crippen molar-refractivity contribution in [2.24, 2.45) is 0 Å². The van der Waals surface area contributed by atoms with Gasteiger partial charge in [0.2, 0.25) is 0 Å². The van der Waals surface area contributed by atoms with Gasteiger partial charge in [-0.3, -0.25) is 4.79 Å². The maximum atomic E-state index is 12.8. The van der Waals surface area contributed by atoms with E-state index >= 15 is 0 Å². The fourth-order valence-corrected chi connectivity index (χ4v) is 5.24. The predicted molar refractivity (Wildman–Crippen MR) is 122 cm³/mol. The van der Waals surface area contributed by atoms with Crippen LogP contribution in [0.4, 0.5) is 4.79 Å². The molecule has 0 radical (unpaired) electrons. The minimum atomic E-state index is -0.616. The second-order valence-electron chi connectivity index (χ2n) is 8.09. The van der Waals surface area contributed by atoms with Gasteiger partial charge in [0.05, 0.1) is 13.2 Å². The summed E-state index contributed by atoms with van der Waals surface area (Å²) in [6, 6.07) is 21.3. The molecule has 0 aliphatic heterocycles. The normalized spacial score (nSPS) is 18.4. The molecule has 0 saturated carbocycles. The molecule has 0 bridgehead atoms. The molecular formula is C26H22ClNO4. The van der Waals surface area contributed by atoms with E-state index in [2.05, 4.69) is 29.6 Å². The summed E-state index contributed by atoms with van der Waals surface area (Å²) in [5, 5.41) is 3.45. The molecule has 0 aromatic heterocycles. The van der Waals surface area contributed by atoms with Crippen molar-refractivity contribution in [1.82, 2.24) is 5.32 Å². The summed E-state index contributed by atoms with van der Waals surface area (Å²) in [6.45, 7) is 0.211. The van der Waals surface area contributed by atoms with Crippen LogP contribution in [0.15, 0.2) is 66.7 Å². The van der Waals surface area contributed by atoms with E-state index in [1.54, 1.807) is 12.1 Å². The number of fused-ring (bicyclic) bond motifs is 4. The van der Waals surface area contributed by atoms with Crippen LogP contribution in [0.2, 0.25) is 5.02 Å². The number of carbonyl (C=O) groups is 2. The molecule has 3 aromatic carbocycles. The number of hydrogen-bond donors (Lipinski definition) is 1. The molecule has 3 aromatic rings. The highest BCUT2D eigenvalue weighted by molar-refractivity contribution is 6.31. The number of rotatable bonds is 4. The molecule has 6 heteroatoms. The first-order chi connectivity index (χ1) is 15.6. The van der Waals surface area contributed by atoms with Crippen LogP contribution in [0.1, 0.15) is 34.1 Å². The van der Waals surface area contributed by atoms with Gasteiger partial charge in [0.1, 0.15) is 12.5 Å². The van der Waals surface area contributed by atoms with Crippen molar-refractivity contribution in [3.8, 4) is 11.1 Å². The Kier molecular flexibility index (Phi) is 5.35. The van der Waals surface area contributed by atoms with Crippen molar-refractivity contribution < 1.29 is 19.1 Å². The number of esters is 1. The van der Waals surface area contributed by atoms with Gasteiger partial charge in [0.25, 0.3) is 0 Å².